The Balaban J connectivity index is 2.09. The van der Waals surface area contributed by atoms with E-state index in [0.717, 1.165) is 4.57 Å². The fraction of sp³-hybridized carbons (Fsp3) is 0.500. The highest BCUT2D eigenvalue weighted by atomic mass is 31.3. The molecule has 2 rings (SSSR count). The van der Waals surface area contributed by atoms with Gasteiger partial charge in [-0.15, -0.1) is 0 Å². The van der Waals surface area contributed by atoms with Gasteiger partial charge in [0.15, 0.2) is 5.72 Å². The van der Waals surface area contributed by atoms with Crippen LogP contribution < -0.4 is 11.2 Å². The lowest BCUT2D eigenvalue weighted by Gasteiger charge is -2.28. The lowest BCUT2D eigenvalue weighted by molar-refractivity contribution is -0.0784. The maximum Gasteiger partial charge on any atom is 0.490 e. The Labute approximate surface area is 168 Å². The van der Waals surface area contributed by atoms with Crippen molar-refractivity contribution in [3.63, 3.8) is 0 Å². The van der Waals surface area contributed by atoms with Gasteiger partial charge in [0.05, 0.1) is 12.7 Å². The van der Waals surface area contributed by atoms with E-state index >= 15 is 0 Å². The second kappa shape index (κ2) is 8.73. The summed E-state index contributed by atoms with van der Waals surface area (Å²) in [5.74, 6) is 0. The van der Waals surface area contributed by atoms with Crippen LogP contribution in [0.3, 0.4) is 0 Å². The predicted molar refractivity (Wildman–Crippen MR) is 98.2 cm³/mol. The first kappa shape index (κ1) is 25.1. The summed E-state index contributed by atoms with van der Waals surface area (Å²) < 4.78 is 52.2. The van der Waals surface area contributed by atoms with Gasteiger partial charge in [-0.25, -0.2) is 18.5 Å². The van der Waals surface area contributed by atoms with Crippen LogP contribution in [-0.2, 0) is 37.3 Å². The third-order valence-corrected chi connectivity index (χ3v) is 7.68. The molecule has 0 amide bonds. The number of nitrogens with one attached hydrogen (secondary N) is 1. The number of hydrogen-bond acceptors (Lipinski definition) is 9. The van der Waals surface area contributed by atoms with Crippen molar-refractivity contribution in [1.29, 1.82) is 0 Å². The molecule has 2 unspecified atom stereocenters. The molecule has 0 saturated carbocycles. The second-order valence-electron chi connectivity index (χ2n) is 6.16. The third kappa shape index (κ3) is 6.39. The molecule has 1 aliphatic rings. The number of ether oxygens (including phenoxy) is 1. The Morgan fingerprint density at radius 1 is 1.27 bits per heavy atom. The van der Waals surface area contributed by atoms with E-state index in [9.17, 15) is 28.2 Å². The average molecular weight is 492 g/mol. The lowest BCUT2D eigenvalue weighted by Crippen LogP contribution is -2.43. The second-order valence-corrected chi connectivity index (χ2v) is 10.6. The number of aromatic nitrogens is 2. The molecule has 0 bridgehead atoms. The van der Waals surface area contributed by atoms with Crippen LogP contribution in [0.5, 0.6) is 0 Å². The molecule has 30 heavy (non-hydrogen) atoms. The zero-order chi connectivity index (χ0) is 23.0. The number of phosphoric acid groups is 3. The predicted octanol–water partition coefficient (Wildman–Crippen LogP) is 0.206. The molecule has 0 aliphatic carbocycles. The van der Waals surface area contributed by atoms with Crippen molar-refractivity contribution in [3.05, 3.63) is 45.3 Å². The van der Waals surface area contributed by atoms with E-state index < -0.39 is 53.2 Å². The summed E-state index contributed by atoms with van der Waals surface area (Å²) in [6, 6.07) is 0. The highest BCUT2D eigenvalue weighted by Gasteiger charge is 2.44. The fourth-order valence-corrected chi connectivity index (χ4v) is 5.70. The summed E-state index contributed by atoms with van der Waals surface area (Å²) in [5, 5.41) is 0. The Morgan fingerprint density at radius 3 is 2.47 bits per heavy atom. The summed E-state index contributed by atoms with van der Waals surface area (Å²) in [5.41, 5.74) is -2.55. The number of aromatic amines is 1. The monoisotopic (exact) mass is 492 g/mol. The van der Waals surface area contributed by atoms with Crippen LogP contribution in [0.15, 0.2) is 28.4 Å². The molecule has 18 heteroatoms. The van der Waals surface area contributed by atoms with Gasteiger partial charge in [0.1, 0.15) is 0 Å². The maximum atomic E-state index is 12.1. The summed E-state index contributed by atoms with van der Waals surface area (Å²) in [6.07, 6.45) is 1.95. The van der Waals surface area contributed by atoms with Crippen molar-refractivity contribution < 1.29 is 51.2 Å². The minimum absolute atomic E-state index is 0.159. The van der Waals surface area contributed by atoms with Gasteiger partial charge in [0.25, 0.3) is 5.56 Å². The molecule has 170 valence electrons. The van der Waals surface area contributed by atoms with Crippen molar-refractivity contribution in [2.24, 2.45) is 0 Å². The van der Waals surface area contributed by atoms with E-state index in [1.54, 1.807) is 0 Å². The number of H-pyrrole nitrogens is 1. The standard InChI is InChI=1S/C12H19N2O13P3/c1-3-12(14-6-8(2)10(15)13-11(14)16)5-4-9(25-12)7-24-29(20,21)27-30(22,23)26-28(17,18)19/h3,6,9H,1,4-5,7H2,2H3,(H,20,21)(H,22,23)(H,13,15,16)(H2,17,18,19)/t9-,12+/m0/s1. The van der Waals surface area contributed by atoms with Crippen molar-refractivity contribution in [1.82, 2.24) is 9.55 Å². The van der Waals surface area contributed by atoms with Crippen LogP contribution in [0.1, 0.15) is 18.4 Å². The average Bonchev–Trinajstić information content (AvgIpc) is 2.98. The van der Waals surface area contributed by atoms with Crippen molar-refractivity contribution >= 4 is 23.5 Å². The highest BCUT2D eigenvalue weighted by Crippen LogP contribution is 2.66. The largest absolute Gasteiger partial charge is 0.490 e. The Morgan fingerprint density at radius 2 is 1.90 bits per heavy atom. The van der Waals surface area contributed by atoms with Crippen LogP contribution in [0.4, 0.5) is 0 Å². The van der Waals surface area contributed by atoms with Gasteiger partial charge < -0.3 is 24.3 Å². The highest BCUT2D eigenvalue weighted by molar-refractivity contribution is 7.66. The molecular weight excluding hydrogens is 473 g/mol. The van der Waals surface area contributed by atoms with Crippen molar-refractivity contribution in [3.8, 4) is 0 Å². The molecule has 1 fully saturated rings. The molecule has 0 radical (unpaired) electrons. The zero-order valence-corrected chi connectivity index (χ0v) is 18.0. The normalized spacial score (nSPS) is 26.1. The van der Waals surface area contributed by atoms with Gasteiger partial charge in [0.2, 0.25) is 0 Å². The Kier molecular flexibility index (Phi) is 7.29. The first-order valence-electron chi connectivity index (χ1n) is 8.01. The molecule has 0 spiro atoms. The SMILES string of the molecule is C=C[C@]1(n2cc(C)c(=O)[nH]c2=O)CC[C@@H](COP(=O)(O)OP(=O)(O)OP(=O)(O)O)O1. The molecule has 1 aliphatic heterocycles. The number of nitrogens with zero attached hydrogens (tertiary/aromatic N) is 1. The lowest BCUT2D eigenvalue weighted by atomic mass is 10.1. The van der Waals surface area contributed by atoms with Crippen LogP contribution in [0, 0.1) is 6.92 Å². The number of rotatable bonds is 9. The molecule has 1 aromatic rings. The maximum absolute atomic E-state index is 12.1. The van der Waals surface area contributed by atoms with E-state index in [0.29, 0.717) is 0 Å². The fourth-order valence-electron chi connectivity index (χ4n) is 2.65. The van der Waals surface area contributed by atoms with Crippen LogP contribution in [0.2, 0.25) is 0 Å². The molecular formula is C12H19N2O13P3. The summed E-state index contributed by atoms with van der Waals surface area (Å²) in [6.45, 7) is 4.40. The first-order valence-corrected chi connectivity index (χ1v) is 12.5. The van der Waals surface area contributed by atoms with Gasteiger partial charge in [-0.2, -0.15) is 8.62 Å². The Hall–Kier alpha value is -1.21. The van der Waals surface area contributed by atoms with E-state index in [2.05, 4.69) is 24.7 Å². The van der Waals surface area contributed by atoms with Crippen molar-refractivity contribution in [2.75, 3.05) is 6.61 Å². The van der Waals surface area contributed by atoms with Crippen LogP contribution in [-0.4, -0.2) is 41.8 Å². The minimum Gasteiger partial charge on any atom is -0.346 e. The molecule has 5 N–H and O–H groups in total. The number of hydrogen-bond donors (Lipinski definition) is 5. The van der Waals surface area contributed by atoms with Gasteiger partial charge in [-0.05, 0) is 19.4 Å². The van der Waals surface area contributed by atoms with E-state index in [4.69, 9.17) is 19.4 Å². The summed E-state index contributed by atoms with van der Waals surface area (Å²) in [7, 11) is -16.4. The van der Waals surface area contributed by atoms with Crippen LogP contribution in [0.25, 0.3) is 0 Å². The van der Waals surface area contributed by atoms with E-state index in [1.807, 2.05) is 0 Å². The molecule has 15 nitrogen and oxygen atoms in total. The van der Waals surface area contributed by atoms with Crippen LogP contribution >= 0.6 is 23.5 Å². The van der Waals surface area contributed by atoms with Crippen molar-refractivity contribution in [2.45, 2.75) is 31.6 Å². The molecule has 4 atom stereocenters. The van der Waals surface area contributed by atoms with Gasteiger partial charge in [-0.1, -0.05) is 6.58 Å². The summed E-state index contributed by atoms with van der Waals surface area (Å²) >= 11 is 0. The van der Waals surface area contributed by atoms with Gasteiger partial charge in [0, 0.05) is 18.2 Å². The van der Waals surface area contributed by atoms with E-state index in [-0.39, 0.29) is 18.4 Å². The minimum atomic E-state index is -5.63. The molecule has 1 aromatic heterocycles. The van der Waals surface area contributed by atoms with E-state index in [1.165, 1.54) is 19.2 Å². The van der Waals surface area contributed by atoms with Gasteiger partial charge >= 0.3 is 29.2 Å². The summed E-state index contributed by atoms with van der Waals surface area (Å²) in [4.78, 5) is 61.4. The molecule has 2 heterocycles. The quantitative estimate of drug-likeness (QED) is 0.230. The third-order valence-electron chi connectivity index (χ3n) is 3.88. The number of phosphoric ester groups is 1. The smallest absolute Gasteiger partial charge is 0.346 e. The first-order chi connectivity index (χ1) is 13.6. The van der Waals surface area contributed by atoms with Gasteiger partial charge in [-0.3, -0.25) is 18.9 Å². The molecule has 1 saturated heterocycles. The topological polar surface area (TPSA) is 224 Å². The number of aryl methyl sites for hydroxylation is 1. The Bertz CT molecular complexity index is 1070. The molecule has 0 aromatic carbocycles. The zero-order valence-electron chi connectivity index (χ0n) is 15.3.